The Morgan fingerprint density at radius 3 is 2.63 bits per heavy atom. The van der Waals surface area contributed by atoms with Crippen LogP contribution >= 0.6 is 15.9 Å². The maximum Gasteiger partial charge on any atom is 0.326 e. The number of carbonyl (C=O) groups excluding carboxylic acids is 1. The number of imidazole rings is 1. The summed E-state index contributed by atoms with van der Waals surface area (Å²) in [5.41, 5.74) is 1.47. The van der Waals surface area contributed by atoms with Crippen molar-refractivity contribution in [1.82, 2.24) is 14.9 Å². The monoisotopic (exact) mass is 589 g/mol. The van der Waals surface area contributed by atoms with Crippen LogP contribution in [0.4, 0.5) is 15.8 Å². The van der Waals surface area contributed by atoms with Crippen molar-refractivity contribution >= 4 is 39.2 Å². The number of nitro groups is 1. The lowest BCUT2D eigenvalue weighted by Crippen LogP contribution is -2.45. The smallest absolute Gasteiger partial charge is 0.326 e. The predicted octanol–water partition coefficient (Wildman–Crippen LogP) is 4.41. The van der Waals surface area contributed by atoms with E-state index in [1.165, 1.54) is 6.07 Å². The van der Waals surface area contributed by atoms with E-state index in [0.29, 0.717) is 25.2 Å². The number of carboxylic acids is 1. The van der Waals surface area contributed by atoms with Crippen molar-refractivity contribution in [3.05, 3.63) is 86.7 Å². The first kappa shape index (κ1) is 28.8. The molecule has 2 aromatic carbocycles. The number of rotatable bonds is 13. The molecule has 10 nitrogen and oxygen atoms in total. The number of nitrogens with one attached hydrogen (secondary N) is 1. The summed E-state index contributed by atoms with van der Waals surface area (Å²) in [6, 6.07) is 10.8. The number of aliphatic carboxylic acids is 1. The van der Waals surface area contributed by atoms with Crippen molar-refractivity contribution < 1.29 is 24.0 Å². The molecular formula is C26H29BrFN5O5. The summed E-state index contributed by atoms with van der Waals surface area (Å²) in [5.74, 6) is -2.95. The molecule has 1 unspecified atom stereocenters. The van der Waals surface area contributed by atoms with E-state index >= 15 is 0 Å². The van der Waals surface area contributed by atoms with E-state index < -0.39 is 34.6 Å². The van der Waals surface area contributed by atoms with Gasteiger partial charge in [0.1, 0.15) is 17.5 Å². The summed E-state index contributed by atoms with van der Waals surface area (Å²) in [5, 5.41) is 23.7. The number of aromatic nitrogens is 2. The molecule has 0 radical (unpaired) electrons. The van der Waals surface area contributed by atoms with Crippen LogP contribution in [0.15, 0.2) is 59.5 Å². The number of halogens is 2. The molecule has 2 N–H and O–H groups in total. The van der Waals surface area contributed by atoms with Gasteiger partial charge in [-0.2, -0.15) is 0 Å². The van der Waals surface area contributed by atoms with Crippen LogP contribution in [0.5, 0.6) is 0 Å². The Hall–Kier alpha value is -3.80. The van der Waals surface area contributed by atoms with E-state index in [1.807, 2.05) is 34.9 Å². The lowest BCUT2D eigenvalue weighted by molar-refractivity contribution is -0.384. The van der Waals surface area contributed by atoms with Gasteiger partial charge in [0.25, 0.3) is 5.69 Å². The molecule has 3 aromatic rings. The number of hydrogen-bond donors (Lipinski definition) is 2. The van der Waals surface area contributed by atoms with Crippen LogP contribution < -0.4 is 10.2 Å². The average Bonchev–Trinajstić information content (AvgIpc) is 3.32. The van der Waals surface area contributed by atoms with Gasteiger partial charge in [0, 0.05) is 38.2 Å². The second kappa shape index (κ2) is 13.1. The Kier molecular flexibility index (Phi) is 9.94. The number of carboxylic acid groups (broad SMARTS) is 1. The van der Waals surface area contributed by atoms with E-state index in [4.69, 9.17) is 0 Å². The van der Waals surface area contributed by atoms with Crippen molar-refractivity contribution in [2.24, 2.45) is 5.92 Å². The molecule has 0 aliphatic rings. The van der Waals surface area contributed by atoms with Crippen molar-refractivity contribution in [3.63, 3.8) is 0 Å². The van der Waals surface area contributed by atoms with Crippen molar-refractivity contribution in [1.29, 1.82) is 0 Å². The molecule has 3 rings (SSSR count). The summed E-state index contributed by atoms with van der Waals surface area (Å²) in [4.78, 5) is 41.4. The van der Waals surface area contributed by atoms with Gasteiger partial charge in [-0.15, -0.1) is 0 Å². The standard InChI is InChI=1S/C26H29BrFN5O5/c1-3-32(23-12-20(27)21(28)13-24(23)33(37)38)10-9-17(2)25(34)30-22(26(35)36)11-19-15-31(16-29-19)14-18-7-5-4-6-8-18/h4-8,12-13,15-17,22H,3,9-11,14H2,1-2H3,(H,30,34)(H,35,36)/t17?,22-/m0/s1. The highest BCUT2D eigenvalue weighted by molar-refractivity contribution is 9.10. The second-order valence-electron chi connectivity index (χ2n) is 8.91. The quantitative estimate of drug-likeness (QED) is 0.223. The van der Waals surface area contributed by atoms with Crippen LogP contribution in [-0.4, -0.2) is 50.6 Å². The van der Waals surface area contributed by atoms with Gasteiger partial charge in [0.05, 0.1) is 27.5 Å². The van der Waals surface area contributed by atoms with Gasteiger partial charge in [-0.25, -0.2) is 14.2 Å². The van der Waals surface area contributed by atoms with Gasteiger partial charge < -0.3 is 19.9 Å². The minimum absolute atomic E-state index is 0.0203. The van der Waals surface area contributed by atoms with Crippen molar-refractivity contribution in [3.8, 4) is 0 Å². The van der Waals surface area contributed by atoms with E-state index in [1.54, 1.807) is 31.3 Å². The third-order valence-electron chi connectivity index (χ3n) is 6.14. The first-order valence-electron chi connectivity index (χ1n) is 12.0. The third kappa shape index (κ3) is 7.60. The Balaban J connectivity index is 1.61. The van der Waals surface area contributed by atoms with Gasteiger partial charge in [-0.3, -0.25) is 14.9 Å². The molecule has 202 valence electrons. The van der Waals surface area contributed by atoms with Crippen LogP contribution in [0.1, 0.15) is 31.5 Å². The highest BCUT2D eigenvalue weighted by atomic mass is 79.9. The molecule has 0 aliphatic heterocycles. The average molecular weight is 590 g/mol. The second-order valence-corrected chi connectivity index (χ2v) is 9.76. The van der Waals surface area contributed by atoms with Gasteiger partial charge in [0.15, 0.2) is 0 Å². The Bertz CT molecular complexity index is 1290. The molecule has 38 heavy (non-hydrogen) atoms. The van der Waals surface area contributed by atoms with Crippen LogP contribution in [-0.2, 0) is 22.6 Å². The summed E-state index contributed by atoms with van der Waals surface area (Å²) < 4.78 is 15.8. The molecular weight excluding hydrogens is 561 g/mol. The minimum Gasteiger partial charge on any atom is -0.480 e. The minimum atomic E-state index is -1.18. The summed E-state index contributed by atoms with van der Waals surface area (Å²) in [6.07, 6.45) is 3.69. The zero-order valence-corrected chi connectivity index (χ0v) is 22.6. The molecule has 0 fully saturated rings. The summed E-state index contributed by atoms with van der Waals surface area (Å²) in [6.45, 7) is 4.70. The summed E-state index contributed by atoms with van der Waals surface area (Å²) >= 11 is 3.07. The zero-order valence-electron chi connectivity index (χ0n) is 21.0. The van der Waals surface area contributed by atoms with E-state index in [-0.39, 0.29) is 28.8 Å². The van der Waals surface area contributed by atoms with E-state index in [9.17, 15) is 29.2 Å². The Morgan fingerprint density at radius 1 is 1.29 bits per heavy atom. The van der Waals surface area contributed by atoms with Crippen LogP contribution in [0, 0.1) is 21.8 Å². The Morgan fingerprint density at radius 2 is 2.00 bits per heavy atom. The Labute approximate surface area is 227 Å². The largest absolute Gasteiger partial charge is 0.480 e. The molecule has 1 aromatic heterocycles. The van der Waals surface area contributed by atoms with E-state index in [2.05, 4.69) is 26.2 Å². The fourth-order valence-corrected chi connectivity index (χ4v) is 4.30. The number of amides is 1. The fourth-order valence-electron chi connectivity index (χ4n) is 3.97. The first-order valence-corrected chi connectivity index (χ1v) is 12.8. The number of hydrogen-bond acceptors (Lipinski definition) is 6. The number of carbonyl (C=O) groups is 2. The normalized spacial score (nSPS) is 12.5. The molecule has 12 heteroatoms. The lowest BCUT2D eigenvalue weighted by atomic mass is 10.0. The molecule has 1 heterocycles. The number of benzene rings is 2. The van der Waals surface area contributed by atoms with Crippen LogP contribution in [0.3, 0.4) is 0 Å². The van der Waals surface area contributed by atoms with Gasteiger partial charge in [-0.05, 0) is 40.9 Å². The number of nitro benzene ring substituents is 1. The summed E-state index contributed by atoms with van der Waals surface area (Å²) in [7, 11) is 0. The first-order chi connectivity index (χ1) is 18.1. The van der Waals surface area contributed by atoms with Crippen LogP contribution in [0.25, 0.3) is 0 Å². The molecule has 0 spiro atoms. The molecule has 0 bridgehead atoms. The molecule has 2 atom stereocenters. The maximum absolute atomic E-state index is 13.9. The maximum atomic E-state index is 13.9. The molecule has 1 amide bonds. The highest BCUT2D eigenvalue weighted by Gasteiger charge is 2.26. The molecule has 0 saturated heterocycles. The lowest BCUT2D eigenvalue weighted by Gasteiger charge is -2.25. The topological polar surface area (TPSA) is 131 Å². The zero-order chi connectivity index (χ0) is 27.8. The van der Waals surface area contributed by atoms with Crippen molar-refractivity contribution in [2.45, 2.75) is 39.3 Å². The molecule has 0 saturated carbocycles. The van der Waals surface area contributed by atoms with Gasteiger partial charge in [-0.1, -0.05) is 37.3 Å². The van der Waals surface area contributed by atoms with Crippen LogP contribution in [0.2, 0.25) is 0 Å². The third-order valence-corrected chi connectivity index (χ3v) is 6.75. The van der Waals surface area contributed by atoms with E-state index in [0.717, 1.165) is 11.6 Å². The predicted molar refractivity (Wildman–Crippen MR) is 143 cm³/mol. The van der Waals surface area contributed by atoms with Gasteiger partial charge in [0.2, 0.25) is 5.91 Å². The highest BCUT2D eigenvalue weighted by Crippen LogP contribution is 2.33. The number of nitrogens with zero attached hydrogens (tertiary/aromatic N) is 4. The SMILES string of the molecule is CCN(CCC(C)C(=O)N[C@@H](Cc1cn(Cc2ccccc2)cn1)C(=O)O)c1cc(Br)c(F)cc1[N+](=O)[O-]. The molecule has 0 aliphatic carbocycles. The van der Waals surface area contributed by atoms with Crippen molar-refractivity contribution in [2.75, 3.05) is 18.0 Å². The van der Waals surface area contributed by atoms with Gasteiger partial charge >= 0.3 is 5.97 Å². The fraction of sp³-hybridized carbons (Fsp3) is 0.346. The number of anilines is 1.